The Bertz CT molecular complexity index is 788. The molecule has 1 heterocycles. The van der Waals surface area contributed by atoms with Crippen molar-refractivity contribution in [3.63, 3.8) is 0 Å². The van der Waals surface area contributed by atoms with Crippen LogP contribution >= 0.6 is 0 Å². The van der Waals surface area contributed by atoms with Crippen molar-refractivity contribution in [2.45, 2.75) is 26.3 Å². The van der Waals surface area contributed by atoms with E-state index in [0.29, 0.717) is 12.5 Å². The Kier molecular flexibility index (Phi) is 6.11. The quantitative estimate of drug-likeness (QED) is 0.798. The first kappa shape index (κ1) is 19.4. The van der Waals surface area contributed by atoms with Crippen LogP contribution in [0.4, 0.5) is 0 Å². The maximum atomic E-state index is 5.89. The van der Waals surface area contributed by atoms with E-state index < -0.39 is 0 Å². The second kappa shape index (κ2) is 8.53. The number of methoxy groups -OCH3 is 3. The van der Waals surface area contributed by atoms with Gasteiger partial charge in [-0.15, -0.1) is 0 Å². The summed E-state index contributed by atoms with van der Waals surface area (Å²) in [5.41, 5.74) is 3.62. The van der Waals surface area contributed by atoms with Gasteiger partial charge in [0.25, 0.3) is 0 Å². The van der Waals surface area contributed by atoms with E-state index in [4.69, 9.17) is 18.9 Å². The average molecular weight is 371 g/mol. The second-order valence-corrected chi connectivity index (χ2v) is 7.16. The minimum Gasteiger partial charge on any atom is -0.493 e. The third-order valence-corrected chi connectivity index (χ3v) is 4.79. The number of benzene rings is 2. The Morgan fingerprint density at radius 2 is 1.59 bits per heavy atom. The molecule has 1 aliphatic rings. The first-order valence-corrected chi connectivity index (χ1v) is 9.36. The summed E-state index contributed by atoms with van der Waals surface area (Å²) < 4.78 is 22.4. The molecule has 0 bridgehead atoms. The zero-order chi connectivity index (χ0) is 19.4. The van der Waals surface area contributed by atoms with Crippen molar-refractivity contribution in [1.82, 2.24) is 5.32 Å². The molecule has 27 heavy (non-hydrogen) atoms. The molecule has 1 aliphatic heterocycles. The Morgan fingerprint density at radius 3 is 2.26 bits per heavy atom. The number of hydrogen-bond acceptors (Lipinski definition) is 5. The van der Waals surface area contributed by atoms with Gasteiger partial charge in [-0.25, -0.2) is 0 Å². The molecule has 1 unspecified atom stereocenters. The minimum atomic E-state index is 0.0709. The summed E-state index contributed by atoms with van der Waals surface area (Å²) in [5, 5.41) is 3.61. The van der Waals surface area contributed by atoms with Crippen molar-refractivity contribution in [1.29, 1.82) is 0 Å². The van der Waals surface area contributed by atoms with Crippen molar-refractivity contribution in [2.75, 3.05) is 34.5 Å². The monoisotopic (exact) mass is 371 g/mol. The largest absolute Gasteiger partial charge is 0.493 e. The SMILES string of the molecule is COc1cc2c(cc1OC)C(c1ccc(OCC(C)C)c(OC)c1)NCC2. The molecule has 0 spiro atoms. The molecule has 0 aromatic heterocycles. The molecule has 0 fully saturated rings. The Balaban J connectivity index is 1.96. The molecule has 5 nitrogen and oxygen atoms in total. The van der Waals surface area contributed by atoms with E-state index in [9.17, 15) is 0 Å². The van der Waals surface area contributed by atoms with Crippen molar-refractivity contribution in [2.24, 2.45) is 5.92 Å². The van der Waals surface area contributed by atoms with E-state index in [1.54, 1.807) is 21.3 Å². The Labute approximate surface area is 161 Å². The van der Waals surface area contributed by atoms with Gasteiger partial charge in [-0.2, -0.15) is 0 Å². The van der Waals surface area contributed by atoms with Gasteiger partial charge in [0.2, 0.25) is 0 Å². The van der Waals surface area contributed by atoms with Crippen LogP contribution in [0.25, 0.3) is 0 Å². The molecular formula is C22H29NO4. The van der Waals surface area contributed by atoms with Crippen LogP contribution in [0.5, 0.6) is 23.0 Å². The molecule has 0 saturated carbocycles. The number of rotatable bonds is 7. The molecule has 1 N–H and O–H groups in total. The second-order valence-electron chi connectivity index (χ2n) is 7.16. The maximum absolute atomic E-state index is 5.89. The third kappa shape index (κ3) is 4.14. The molecule has 0 aliphatic carbocycles. The van der Waals surface area contributed by atoms with Crippen molar-refractivity contribution in [3.8, 4) is 23.0 Å². The molecule has 2 aromatic rings. The predicted molar refractivity (Wildman–Crippen MR) is 106 cm³/mol. The van der Waals surface area contributed by atoms with E-state index in [0.717, 1.165) is 41.5 Å². The maximum Gasteiger partial charge on any atom is 0.161 e. The molecule has 1 atom stereocenters. The van der Waals surface area contributed by atoms with Crippen molar-refractivity contribution < 1.29 is 18.9 Å². The molecule has 0 radical (unpaired) electrons. The van der Waals surface area contributed by atoms with Crippen LogP contribution in [0.1, 0.15) is 36.6 Å². The smallest absolute Gasteiger partial charge is 0.161 e. The zero-order valence-electron chi connectivity index (χ0n) is 16.8. The van der Waals surface area contributed by atoms with Gasteiger partial charge >= 0.3 is 0 Å². The van der Waals surface area contributed by atoms with E-state index in [2.05, 4.69) is 43.4 Å². The lowest BCUT2D eigenvalue weighted by atomic mass is 9.89. The Morgan fingerprint density at radius 1 is 0.926 bits per heavy atom. The summed E-state index contributed by atoms with van der Waals surface area (Å²) in [6, 6.07) is 10.4. The number of fused-ring (bicyclic) bond motifs is 1. The van der Waals surface area contributed by atoms with E-state index in [1.165, 1.54) is 11.1 Å². The third-order valence-electron chi connectivity index (χ3n) is 4.79. The van der Waals surface area contributed by atoms with Crippen LogP contribution in [0, 0.1) is 5.92 Å². The molecule has 146 valence electrons. The van der Waals surface area contributed by atoms with E-state index in [1.807, 2.05) is 6.07 Å². The zero-order valence-corrected chi connectivity index (χ0v) is 16.8. The number of ether oxygens (including phenoxy) is 4. The Hall–Kier alpha value is -2.40. The van der Waals surface area contributed by atoms with Crippen molar-refractivity contribution >= 4 is 0 Å². The fraction of sp³-hybridized carbons (Fsp3) is 0.455. The minimum absolute atomic E-state index is 0.0709. The van der Waals surface area contributed by atoms with E-state index in [-0.39, 0.29) is 6.04 Å². The van der Waals surface area contributed by atoms with Crippen LogP contribution < -0.4 is 24.3 Å². The molecule has 5 heteroatoms. The van der Waals surface area contributed by atoms with Crippen molar-refractivity contribution in [3.05, 3.63) is 47.0 Å². The molecule has 3 rings (SSSR count). The fourth-order valence-electron chi connectivity index (χ4n) is 3.42. The normalized spacial score (nSPS) is 16.0. The van der Waals surface area contributed by atoms with Gasteiger partial charge in [0.15, 0.2) is 23.0 Å². The lowest BCUT2D eigenvalue weighted by Crippen LogP contribution is -2.30. The topological polar surface area (TPSA) is 49.0 Å². The lowest BCUT2D eigenvalue weighted by molar-refractivity contribution is 0.256. The van der Waals surface area contributed by atoms with Gasteiger partial charge in [-0.1, -0.05) is 19.9 Å². The van der Waals surface area contributed by atoms with Crippen LogP contribution in [-0.2, 0) is 6.42 Å². The van der Waals surface area contributed by atoms with Crippen LogP contribution in [0.3, 0.4) is 0 Å². The average Bonchev–Trinajstić information content (AvgIpc) is 2.70. The molecule has 0 saturated heterocycles. The van der Waals surface area contributed by atoms with Crippen LogP contribution in [0.2, 0.25) is 0 Å². The van der Waals surface area contributed by atoms with Gasteiger partial charge in [-0.3, -0.25) is 0 Å². The highest BCUT2D eigenvalue weighted by Gasteiger charge is 2.25. The fourth-order valence-corrected chi connectivity index (χ4v) is 3.42. The standard InChI is InChI=1S/C22H29NO4/c1-14(2)13-27-18-7-6-16(11-19(18)24-3)22-17-12-21(26-5)20(25-4)10-15(17)8-9-23-22/h6-7,10-12,14,22-23H,8-9,13H2,1-5H3. The number of nitrogens with one attached hydrogen (secondary N) is 1. The van der Waals surface area contributed by atoms with E-state index >= 15 is 0 Å². The summed E-state index contributed by atoms with van der Waals surface area (Å²) in [6.45, 7) is 5.83. The van der Waals surface area contributed by atoms with Gasteiger partial charge in [0, 0.05) is 6.54 Å². The first-order chi connectivity index (χ1) is 13.1. The van der Waals surface area contributed by atoms with Crippen LogP contribution in [0.15, 0.2) is 30.3 Å². The molecule has 2 aromatic carbocycles. The molecule has 0 amide bonds. The van der Waals surface area contributed by atoms with Gasteiger partial charge in [-0.05, 0) is 53.3 Å². The summed E-state index contributed by atoms with van der Waals surface area (Å²) in [5.74, 6) is 3.50. The summed E-state index contributed by atoms with van der Waals surface area (Å²) in [6.07, 6.45) is 0.957. The number of hydrogen-bond donors (Lipinski definition) is 1. The van der Waals surface area contributed by atoms with Crippen LogP contribution in [-0.4, -0.2) is 34.5 Å². The highest BCUT2D eigenvalue weighted by molar-refractivity contribution is 5.53. The highest BCUT2D eigenvalue weighted by Crippen LogP contribution is 2.39. The van der Waals surface area contributed by atoms with Gasteiger partial charge in [0.05, 0.1) is 34.0 Å². The van der Waals surface area contributed by atoms with Gasteiger partial charge < -0.3 is 24.3 Å². The molecular weight excluding hydrogens is 342 g/mol. The first-order valence-electron chi connectivity index (χ1n) is 9.36. The summed E-state index contributed by atoms with van der Waals surface area (Å²) >= 11 is 0. The summed E-state index contributed by atoms with van der Waals surface area (Å²) in [7, 11) is 5.01. The van der Waals surface area contributed by atoms with Gasteiger partial charge in [0.1, 0.15) is 0 Å². The predicted octanol–water partition coefficient (Wildman–Crippen LogP) is 3.98. The highest BCUT2D eigenvalue weighted by atomic mass is 16.5. The lowest BCUT2D eigenvalue weighted by Gasteiger charge is -2.29. The summed E-state index contributed by atoms with van der Waals surface area (Å²) in [4.78, 5) is 0.